The zero-order valence-electron chi connectivity index (χ0n) is 9.17. The van der Waals surface area contributed by atoms with Gasteiger partial charge >= 0.3 is 0 Å². The first-order chi connectivity index (χ1) is 8.06. The summed E-state index contributed by atoms with van der Waals surface area (Å²) >= 11 is 4.75. The molecule has 1 heterocycles. The van der Waals surface area contributed by atoms with Gasteiger partial charge in [0.05, 0.1) is 4.88 Å². The fourth-order valence-electron chi connectivity index (χ4n) is 1.51. The molecule has 0 aliphatic carbocycles. The Kier molecular flexibility index (Phi) is 3.74. The maximum absolute atomic E-state index is 12.9. The van der Waals surface area contributed by atoms with E-state index in [4.69, 9.17) is 0 Å². The Morgan fingerprint density at radius 1 is 1.35 bits per heavy atom. The highest BCUT2D eigenvalue weighted by Crippen LogP contribution is 2.22. The number of benzene rings is 1. The van der Waals surface area contributed by atoms with E-state index in [0.717, 1.165) is 15.3 Å². The molecule has 0 N–H and O–H groups in total. The topological polar surface area (TPSA) is 17.1 Å². The van der Waals surface area contributed by atoms with Gasteiger partial charge in [-0.05, 0) is 36.8 Å². The first kappa shape index (κ1) is 12.5. The van der Waals surface area contributed by atoms with Crippen molar-refractivity contribution in [1.82, 2.24) is 0 Å². The standard InChI is InChI=1S/C13H10BrFOS/c1-8-2-5-13(17-8)12(16)6-9-3-4-10(15)7-11(9)14/h2-5,7H,6H2,1H3. The average Bonchev–Trinajstić information content (AvgIpc) is 2.69. The molecule has 0 radical (unpaired) electrons. The van der Waals surface area contributed by atoms with Gasteiger partial charge in [-0.25, -0.2) is 4.39 Å². The molecular weight excluding hydrogens is 303 g/mol. The Bertz CT molecular complexity index is 562. The van der Waals surface area contributed by atoms with Gasteiger partial charge in [0.1, 0.15) is 5.82 Å². The van der Waals surface area contributed by atoms with Crippen LogP contribution < -0.4 is 0 Å². The SMILES string of the molecule is Cc1ccc(C(=O)Cc2ccc(F)cc2Br)s1. The second kappa shape index (κ2) is 5.10. The van der Waals surface area contributed by atoms with E-state index in [1.54, 1.807) is 6.07 Å². The number of ketones is 1. The van der Waals surface area contributed by atoms with Crippen LogP contribution in [0.25, 0.3) is 0 Å². The Hall–Kier alpha value is -1.00. The molecule has 0 amide bonds. The minimum atomic E-state index is -0.306. The van der Waals surface area contributed by atoms with Gasteiger partial charge in [0.2, 0.25) is 0 Å². The zero-order valence-corrected chi connectivity index (χ0v) is 11.6. The number of carbonyl (C=O) groups excluding carboxylic acids is 1. The summed E-state index contributed by atoms with van der Waals surface area (Å²) < 4.78 is 13.5. The molecule has 0 fully saturated rings. The monoisotopic (exact) mass is 312 g/mol. The summed E-state index contributed by atoms with van der Waals surface area (Å²) in [6.07, 6.45) is 0.292. The van der Waals surface area contributed by atoms with Crippen LogP contribution in [0.3, 0.4) is 0 Å². The number of thiophene rings is 1. The molecule has 2 aromatic rings. The smallest absolute Gasteiger partial charge is 0.177 e. The molecule has 0 aliphatic rings. The van der Waals surface area contributed by atoms with E-state index in [9.17, 15) is 9.18 Å². The quantitative estimate of drug-likeness (QED) is 0.768. The lowest BCUT2D eigenvalue weighted by atomic mass is 10.1. The molecule has 4 heteroatoms. The molecule has 88 valence electrons. The van der Waals surface area contributed by atoms with Crippen molar-refractivity contribution in [3.8, 4) is 0 Å². The van der Waals surface area contributed by atoms with Crippen LogP contribution in [0.4, 0.5) is 4.39 Å². The zero-order chi connectivity index (χ0) is 12.4. The number of halogens is 2. The van der Waals surface area contributed by atoms with Crippen LogP contribution in [-0.2, 0) is 6.42 Å². The lowest BCUT2D eigenvalue weighted by molar-refractivity contribution is 0.0996. The predicted octanol–water partition coefficient (Wildman–Crippen LogP) is 4.38. The van der Waals surface area contributed by atoms with Crippen molar-refractivity contribution in [3.05, 3.63) is 55.9 Å². The normalized spacial score (nSPS) is 10.5. The molecule has 1 aromatic carbocycles. The van der Waals surface area contributed by atoms with E-state index in [1.807, 2.05) is 19.1 Å². The molecule has 0 saturated heterocycles. The number of Topliss-reactive ketones (excluding diaryl/α,β-unsaturated/α-hetero) is 1. The third-order valence-electron chi connectivity index (χ3n) is 2.38. The van der Waals surface area contributed by atoms with E-state index in [2.05, 4.69) is 15.9 Å². The number of aryl methyl sites for hydroxylation is 1. The van der Waals surface area contributed by atoms with Crippen molar-refractivity contribution >= 4 is 33.0 Å². The summed E-state index contributed by atoms with van der Waals surface area (Å²) in [7, 11) is 0. The second-order valence-corrected chi connectivity index (χ2v) is 5.89. The Morgan fingerprint density at radius 3 is 2.71 bits per heavy atom. The predicted molar refractivity (Wildman–Crippen MR) is 71.2 cm³/mol. The molecule has 0 atom stereocenters. The summed E-state index contributed by atoms with van der Waals surface area (Å²) in [4.78, 5) is 13.8. The second-order valence-electron chi connectivity index (χ2n) is 3.75. The van der Waals surface area contributed by atoms with Gasteiger partial charge in [-0.15, -0.1) is 11.3 Å². The van der Waals surface area contributed by atoms with Gasteiger partial charge in [0.15, 0.2) is 5.78 Å². The van der Waals surface area contributed by atoms with Crippen LogP contribution in [0.1, 0.15) is 20.1 Å². The highest BCUT2D eigenvalue weighted by atomic mass is 79.9. The highest BCUT2D eigenvalue weighted by Gasteiger charge is 2.11. The third-order valence-corrected chi connectivity index (χ3v) is 4.16. The van der Waals surface area contributed by atoms with E-state index < -0.39 is 0 Å². The molecular formula is C13H10BrFOS. The molecule has 1 nitrogen and oxygen atoms in total. The van der Waals surface area contributed by atoms with Gasteiger partial charge < -0.3 is 0 Å². The minimum absolute atomic E-state index is 0.0652. The van der Waals surface area contributed by atoms with Crippen LogP contribution >= 0.6 is 27.3 Å². The van der Waals surface area contributed by atoms with Crippen molar-refractivity contribution in [2.24, 2.45) is 0 Å². The molecule has 0 bridgehead atoms. The summed E-state index contributed by atoms with van der Waals surface area (Å²) in [6.45, 7) is 1.97. The molecule has 0 aliphatic heterocycles. The Labute approximate surface area is 111 Å². The fraction of sp³-hybridized carbons (Fsp3) is 0.154. The van der Waals surface area contributed by atoms with Crippen molar-refractivity contribution in [2.45, 2.75) is 13.3 Å². The summed E-state index contributed by atoms with van der Waals surface area (Å²) in [5.74, 6) is -0.240. The van der Waals surface area contributed by atoms with Gasteiger partial charge in [-0.1, -0.05) is 22.0 Å². The summed E-state index contributed by atoms with van der Waals surface area (Å²) in [5.41, 5.74) is 0.808. The maximum atomic E-state index is 12.9. The lowest BCUT2D eigenvalue weighted by Crippen LogP contribution is -2.02. The van der Waals surface area contributed by atoms with E-state index >= 15 is 0 Å². The number of carbonyl (C=O) groups is 1. The van der Waals surface area contributed by atoms with Gasteiger partial charge in [0, 0.05) is 15.8 Å². The average molecular weight is 313 g/mol. The molecule has 1 aromatic heterocycles. The van der Waals surface area contributed by atoms with Crippen molar-refractivity contribution in [2.75, 3.05) is 0 Å². The van der Waals surface area contributed by atoms with Crippen LogP contribution in [0, 0.1) is 12.7 Å². The van der Waals surface area contributed by atoms with Crippen molar-refractivity contribution < 1.29 is 9.18 Å². The molecule has 0 spiro atoms. The largest absolute Gasteiger partial charge is 0.293 e. The first-order valence-corrected chi connectivity index (χ1v) is 6.71. The third kappa shape index (κ3) is 3.01. The van der Waals surface area contributed by atoms with Crippen LogP contribution in [0.2, 0.25) is 0 Å². The lowest BCUT2D eigenvalue weighted by Gasteiger charge is -2.02. The summed E-state index contributed by atoms with van der Waals surface area (Å²) in [6, 6.07) is 8.14. The van der Waals surface area contributed by atoms with Gasteiger partial charge in [-0.3, -0.25) is 4.79 Å². The maximum Gasteiger partial charge on any atom is 0.177 e. The van der Waals surface area contributed by atoms with Crippen LogP contribution in [-0.4, -0.2) is 5.78 Å². The Morgan fingerprint density at radius 2 is 2.12 bits per heavy atom. The number of rotatable bonds is 3. The van der Waals surface area contributed by atoms with Crippen molar-refractivity contribution in [1.29, 1.82) is 0 Å². The highest BCUT2D eigenvalue weighted by molar-refractivity contribution is 9.10. The van der Waals surface area contributed by atoms with Crippen LogP contribution in [0.5, 0.6) is 0 Å². The van der Waals surface area contributed by atoms with Crippen molar-refractivity contribution in [3.63, 3.8) is 0 Å². The molecule has 0 saturated carbocycles. The van der Waals surface area contributed by atoms with Gasteiger partial charge in [-0.2, -0.15) is 0 Å². The number of hydrogen-bond donors (Lipinski definition) is 0. The molecule has 0 unspecified atom stereocenters. The minimum Gasteiger partial charge on any atom is -0.293 e. The number of hydrogen-bond acceptors (Lipinski definition) is 2. The van der Waals surface area contributed by atoms with E-state index in [1.165, 1.54) is 23.5 Å². The molecule has 17 heavy (non-hydrogen) atoms. The van der Waals surface area contributed by atoms with E-state index in [-0.39, 0.29) is 11.6 Å². The Balaban J connectivity index is 2.18. The first-order valence-electron chi connectivity index (χ1n) is 5.10. The molecule has 2 rings (SSSR count). The van der Waals surface area contributed by atoms with Gasteiger partial charge in [0.25, 0.3) is 0 Å². The van der Waals surface area contributed by atoms with E-state index in [0.29, 0.717) is 10.9 Å². The summed E-state index contributed by atoms with van der Waals surface area (Å²) in [5, 5.41) is 0. The fourth-order valence-corrected chi connectivity index (χ4v) is 2.81. The van der Waals surface area contributed by atoms with Crippen LogP contribution in [0.15, 0.2) is 34.8 Å².